The van der Waals surface area contributed by atoms with Gasteiger partial charge in [0, 0.05) is 39.1 Å². The van der Waals surface area contributed by atoms with Crippen LogP contribution in [0.15, 0.2) is 77.9 Å². The van der Waals surface area contributed by atoms with Crippen molar-refractivity contribution < 1.29 is 4.79 Å². The Morgan fingerprint density at radius 2 is 1.50 bits per heavy atom. The molecule has 0 aromatic heterocycles. The highest BCUT2D eigenvalue weighted by molar-refractivity contribution is 6.03. The van der Waals surface area contributed by atoms with Crippen LogP contribution in [-0.4, -0.2) is 59.2 Å². The summed E-state index contributed by atoms with van der Waals surface area (Å²) in [5, 5.41) is 6.69. The Labute approximate surface area is 215 Å². The van der Waals surface area contributed by atoms with Crippen molar-refractivity contribution in [2.45, 2.75) is 39.8 Å². The molecule has 36 heavy (non-hydrogen) atoms. The Balaban J connectivity index is 1.29. The lowest BCUT2D eigenvalue weighted by Crippen LogP contribution is -2.49. The SMILES string of the molecule is Cc1ccc(C2=NN(C(=O)CN3CCN(Cc4ccccc4)CC3)C(c3cc(C)ccc3C)C2)cc1. The highest BCUT2D eigenvalue weighted by Crippen LogP contribution is 2.35. The van der Waals surface area contributed by atoms with E-state index in [0.717, 1.165) is 50.4 Å². The van der Waals surface area contributed by atoms with E-state index >= 15 is 0 Å². The molecule has 5 nitrogen and oxygen atoms in total. The number of carbonyl (C=O) groups excluding carboxylic acids is 1. The van der Waals surface area contributed by atoms with Crippen molar-refractivity contribution in [3.63, 3.8) is 0 Å². The average Bonchev–Trinajstić information content (AvgIpc) is 3.33. The summed E-state index contributed by atoms with van der Waals surface area (Å²) in [5.41, 5.74) is 8.26. The maximum absolute atomic E-state index is 13.7. The molecular weight excluding hydrogens is 444 g/mol. The van der Waals surface area contributed by atoms with Crippen LogP contribution >= 0.6 is 0 Å². The first-order chi connectivity index (χ1) is 17.5. The van der Waals surface area contributed by atoms with Crippen molar-refractivity contribution in [3.05, 3.63) is 106 Å². The van der Waals surface area contributed by atoms with Gasteiger partial charge in [-0.1, -0.05) is 83.9 Å². The number of hydrogen-bond acceptors (Lipinski definition) is 4. The van der Waals surface area contributed by atoms with E-state index in [-0.39, 0.29) is 11.9 Å². The second-order valence-electron chi connectivity index (χ2n) is 10.3. The first-order valence-corrected chi connectivity index (χ1v) is 13.0. The van der Waals surface area contributed by atoms with Crippen LogP contribution in [0.25, 0.3) is 0 Å². The monoisotopic (exact) mass is 480 g/mol. The van der Waals surface area contributed by atoms with Crippen LogP contribution in [0.2, 0.25) is 0 Å². The highest BCUT2D eigenvalue weighted by atomic mass is 16.2. The Morgan fingerprint density at radius 1 is 0.833 bits per heavy atom. The zero-order chi connectivity index (χ0) is 25.1. The van der Waals surface area contributed by atoms with E-state index in [1.54, 1.807) is 5.01 Å². The van der Waals surface area contributed by atoms with Crippen molar-refractivity contribution in [2.24, 2.45) is 5.10 Å². The molecule has 0 spiro atoms. The zero-order valence-electron chi connectivity index (χ0n) is 21.7. The fourth-order valence-corrected chi connectivity index (χ4v) is 5.23. The molecular formula is C31H36N4O. The predicted molar refractivity (Wildman–Crippen MR) is 146 cm³/mol. The Kier molecular flexibility index (Phi) is 7.30. The predicted octanol–water partition coefficient (Wildman–Crippen LogP) is 5.11. The summed E-state index contributed by atoms with van der Waals surface area (Å²) >= 11 is 0. The van der Waals surface area contributed by atoms with E-state index in [2.05, 4.69) is 103 Å². The largest absolute Gasteiger partial charge is 0.297 e. The van der Waals surface area contributed by atoms with Crippen LogP contribution in [0.3, 0.4) is 0 Å². The minimum absolute atomic E-state index is 0.0620. The van der Waals surface area contributed by atoms with Crippen molar-refractivity contribution in [3.8, 4) is 0 Å². The average molecular weight is 481 g/mol. The van der Waals surface area contributed by atoms with Crippen LogP contribution in [0.5, 0.6) is 0 Å². The molecule has 0 aliphatic carbocycles. The van der Waals surface area contributed by atoms with Gasteiger partial charge in [0.05, 0.1) is 18.3 Å². The quantitative estimate of drug-likeness (QED) is 0.492. The standard InChI is InChI=1S/C31H36N4O/c1-23-10-13-27(14-11-23)29-20-30(28-19-24(2)9-12-25(28)3)35(32-29)31(36)22-34-17-15-33(16-18-34)21-26-7-5-4-6-8-26/h4-14,19,30H,15-18,20-22H2,1-3H3. The van der Waals surface area contributed by atoms with E-state index in [0.29, 0.717) is 6.54 Å². The van der Waals surface area contributed by atoms with Gasteiger partial charge in [-0.3, -0.25) is 14.6 Å². The van der Waals surface area contributed by atoms with Crippen LogP contribution in [0.1, 0.15) is 45.8 Å². The van der Waals surface area contributed by atoms with Crippen molar-refractivity contribution in [1.29, 1.82) is 0 Å². The molecule has 5 rings (SSSR count). The molecule has 5 heteroatoms. The molecule has 0 saturated carbocycles. The van der Waals surface area contributed by atoms with Gasteiger partial charge in [0.25, 0.3) is 5.91 Å². The van der Waals surface area contributed by atoms with Gasteiger partial charge in [-0.15, -0.1) is 0 Å². The minimum Gasteiger partial charge on any atom is -0.297 e. The number of hydrogen-bond donors (Lipinski definition) is 0. The first kappa shape index (κ1) is 24.4. The minimum atomic E-state index is -0.0620. The maximum Gasteiger partial charge on any atom is 0.257 e. The number of hydrazone groups is 1. The fourth-order valence-electron chi connectivity index (χ4n) is 5.23. The number of aryl methyl sites for hydroxylation is 3. The summed E-state index contributed by atoms with van der Waals surface area (Å²) in [6.07, 6.45) is 0.740. The molecule has 0 N–H and O–H groups in total. The van der Waals surface area contributed by atoms with E-state index in [1.807, 2.05) is 0 Å². The van der Waals surface area contributed by atoms with E-state index < -0.39 is 0 Å². The molecule has 1 fully saturated rings. The molecule has 3 aromatic carbocycles. The molecule has 3 aromatic rings. The summed E-state index contributed by atoms with van der Waals surface area (Å²) in [4.78, 5) is 18.4. The number of amides is 1. The van der Waals surface area contributed by atoms with Crippen molar-refractivity contribution >= 4 is 11.6 Å². The number of nitrogens with zero attached hydrogens (tertiary/aromatic N) is 4. The molecule has 0 bridgehead atoms. The topological polar surface area (TPSA) is 39.2 Å². The van der Waals surface area contributed by atoms with Crippen molar-refractivity contribution in [1.82, 2.24) is 14.8 Å². The summed E-state index contributed by atoms with van der Waals surface area (Å²) in [6.45, 7) is 11.5. The van der Waals surface area contributed by atoms with Gasteiger partial charge in [-0.05, 0) is 43.0 Å². The maximum atomic E-state index is 13.7. The van der Waals surface area contributed by atoms with Gasteiger partial charge in [0.1, 0.15) is 0 Å². The Bertz CT molecular complexity index is 1230. The lowest BCUT2D eigenvalue weighted by Gasteiger charge is -2.35. The fraction of sp³-hybridized carbons (Fsp3) is 0.355. The van der Waals surface area contributed by atoms with E-state index in [1.165, 1.54) is 27.8 Å². The lowest BCUT2D eigenvalue weighted by atomic mass is 9.93. The van der Waals surface area contributed by atoms with Crippen molar-refractivity contribution in [2.75, 3.05) is 32.7 Å². The lowest BCUT2D eigenvalue weighted by molar-refractivity contribution is -0.134. The van der Waals surface area contributed by atoms with Crippen LogP contribution < -0.4 is 0 Å². The van der Waals surface area contributed by atoms with Gasteiger partial charge < -0.3 is 0 Å². The Morgan fingerprint density at radius 3 is 2.22 bits per heavy atom. The molecule has 1 atom stereocenters. The number of benzene rings is 3. The summed E-state index contributed by atoms with van der Waals surface area (Å²) < 4.78 is 0. The third-order valence-electron chi connectivity index (χ3n) is 7.42. The molecule has 2 aliphatic heterocycles. The molecule has 1 unspecified atom stereocenters. The third kappa shape index (κ3) is 5.58. The Hall–Kier alpha value is -3.28. The van der Waals surface area contributed by atoms with Crippen LogP contribution in [0, 0.1) is 20.8 Å². The van der Waals surface area contributed by atoms with E-state index in [9.17, 15) is 4.79 Å². The number of rotatable bonds is 6. The summed E-state index contributed by atoms with van der Waals surface area (Å²) in [5.74, 6) is 0.0829. The smallest absolute Gasteiger partial charge is 0.257 e. The molecule has 2 aliphatic rings. The number of carbonyl (C=O) groups is 1. The van der Waals surface area contributed by atoms with Gasteiger partial charge in [0.2, 0.25) is 0 Å². The van der Waals surface area contributed by atoms with Gasteiger partial charge >= 0.3 is 0 Å². The number of piperazine rings is 1. The van der Waals surface area contributed by atoms with Gasteiger partial charge in [0.15, 0.2) is 0 Å². The summed E-state index contributed by atoms with van der Waals surface area (Å²) in [7, 11) is 0. The van der Waals surface area contributed by atoms with Gasteiger partial charge in [-0.2, -0.15) is 5.10 Å². The van der Waals surface area contributed by atoms with Gasteiger partial charge in [-0.25, -0.2) is 5.01 Å². The first-order valence-electron chi connectivity index (χ1n) is 13.0. The normalized spacial score (nSPS) is 18.9. The second kappa shape index (κ2) is 10.8. The summed E-state index contributed by atoms with van der Waals surface area (Å²) in [6, 6.07) is 25.5. The molecule has 0 radical (unpaired) electrons. The molecule has 2 heterocycles. The third-order valence-corrected chi connectivity index (χ3v) is 7.42. The molecule has 186 valence electrons. The van der Waals surface area contributed by atoms with Crippen LogP contribution in [0.4, 0.5) is 0 Å². The molecule has 1 amide bonds. The van der Waals surface area contributed by atoms with Crippen LogP contribution in [-0.2, 0) is 11.3 Å². The highest BCUT2D eigenvalue weighted by Gasteiger charge is 2.35. The van der Waals surface area contributed by atoms with E-state index in [4.69, 9.17) is 5.10 Å². The zero-order valence-corrected chi connectivity index (χ0v) is 21.7. The molecule has 1 saturated heterocycles. The second-order valence-corrected chi connectivity index (χ2v) is 10.3.